The maximum Gasteiger partial charge on any atom is 0.416 e. The van der Waals surface area contributed by atoms with Gasteiger partial charge in [0.05, 0.1) is 13.6 Å². The van der Waals surface area contributed by atoms with Crippen molar-refractivity contribution in [1.29, 1.82) is 0 Å². The van der Waals surface area contributed by atoms with Gasteiger partial charge in [-0.1, -0.05) is 0 Å². The first-order chi connectivity index (χ1) is 8.24. The number of imidazole rings is 1. The molecule has 17 heavy (non-hydrogen) atoms. The highest BCUT2D eigenvalue weighted by Crippen LogP contribution is 2.24. The molecule has 1 aliphatic heterocycles. The number of hydrogen-bond donors (Lipinski definition) is 0. The van der Waals surface area contributed by atoms with E-state index >= 15 is 0 Å². The molecule has 0 aliphatic carbocycles. The summed E-state index contributed by atoms with van der Waals surface area (Å²) in [5, 5.41) is 2.11. The third kappa shape index (κ3) is 1.86. The van der Waals surface area contributed by atoms with Crippen molar-refractivity contribution in [1.82, 2.24) is 9.47 Å². The van der Waals surface area contributed by atoms with Gasteiger partial charge in [0.2, 0.25) is 0 Å². The Bertz CT molecular complexity index is 558. The number of carbonyl (C=O) groups excluding carboxylic acids is 1. The fourth-order valence-corrected chi connectivity index (χ4v) is 3.03. The monoisotopic (exact) mass is 248 g/mol. The Kier molecular flexibility index (Phi) is 2.48. The van der Waals surface area contributed by atoms with E-state index in [0.717, 1.165) is 19.5 Å². The van der Waals surface area contributed by atoms with E-state index in [1.54, 1.807) is 28.4 Å². The second kappa shape index (κ2) is 4.00. The summed E-state index contributed by atoms with van der Waals surface area (Å²) in [6.45, 7) is 1.55. The summed E-state index contributed by atoms with van der Waals surface area (Å²) in [5.74, 6) is 0. The molecule has 0 radical (unpaired) electrons. The van der Waals surface area contributed by atoms with Crippen LogP contribution >= 0.6 is 11.3 Å². The zero-order valence-electron chi connectivity index (χ0n) is 9.67. The van der Waals surface area contributed by atoms with Gasteiger partial charge in [0.1, 0.15) is 12.4 Å². The average molecular weight is 248 g/mol. The topological polar surface area (TPSA) is 29.1 Å². The zero-order chi connectivity index (χ0) is 11.8. The van der Waals surface area contributed by atoms with Gasteiger partial charge in [0.25, 0.3) is 6.33 Å². The molecule has 1 aliphatic rings. The van der Waals surface area contributed by atoms with E-state index in [1.807, 2.05) is 22.7 Å². The minimum atomic E-state index is 0.0578. The number of aromatic nitrogens is 2. The lowest BCUT2D eigenvalue weighted by Gasteiger charge is -2.24. The summed E-state index contributed by atoms with van der Waals surface area (Å²) in [6, 6.07) is 2.18. The van der Waals surface area contributed by atoms with Crippen LogP contribution in [0.25, 0.3) is 0 Å². The molecule has 3 heterocycles. The summed E-state index contributed by atoms with van der Waals surface area (Å²) < 4.78 is 3.51. The van der Waals surface area contributed by atoms with Gasteiger partial charge >= 0.3 is 6.03 Å². The maximum absolute atomic E-state index is 12.2. The molecule has 1 amide bonds. The van der Waals surface area contributed by atoms with Crippen molar-refractivity contribution in [2.75, 3.05) is 6.54 Å². The van der Waals surface area contributed by atoms with Crippen LogP contribution < -0.4 is 4.57 Å². The number of carbonyl (C=O) groups is 1. The lowest BCUT2D eigenvalue weighted by atomic mass is 10.1. The Morgan fingerprint density at radius 2 is 2.41 bits per heavy atom. The van der Waals surface area contributed by atoms with E-state index in [0.29, 0.717) is 0 Å². The van der Waals surface area contributed by atoms with Crippen molar-refractivity contribution in [3.05, 3.63) is 40.6 Å². The minimum absolute atomic E-state index is 0.0578. The molecule has 0 fully saturated rings. The Labute approximate surface area is 104 Å². The van der Waals surface area contributed by atoms with Gasteiger partial charge in [0, 0.05) is 11.4 Å². The van der Waals surface area contributed by atoms with Crippen LogP contribution in [0.4, 0.5) is 4.79 Å². The number of thiophene rings is 1. The van der Waals surface area contributed by atoms with Crippen LogP contribution in [-0.4, -0.2) is 22.0 Å². The van der Waals surface area contributed by atoms with Crippen molar-refractivity contribution >= 4 is 17.4 Å². The number of nitrogens with zero attached hydrogens (tertiary/aromatic N) is 3. The third-order valence-corrected chi connectivity index (χ3v) is 4.09. The van der Waals surface area contributed by atoms with E-state index < -0.39 is 0 Å². The Morgan fingerprint density at radius 1 is 1.53 bits per heavy atom. The molecule has 0 saturated carbocycles. The van der Waals surface area contributed by atoms with Gasteiger partial charge in [-0.2, -0.15) is 4.57 Å². The van der Waals surface area contributed by atoms with Gasteiger partial charge in [-0.05, 0) is 23.4 Å². The standard InChI is InChI=1S/C12H14N3OS/c1-13-5-6-15(9-13)12(16)14-4-2-11-10(8-14)3-7-17-11/h3,5-7,9H,2,4,8H2,1H3/q+1. The predicted molar refractivity (Wildman–Crippen MR) is 64.8 cm³/mol. The molecule has 0 aromatic carbocycles. The summed E-state index contributed by atoms with van der Waals surface area (Å²) in [6.07, 6.45) is 6.45. The van der Waals surface area contributed by atoms with Gasteiger partial charge in [-0.25, -0.2) is 9.36 Å². The smallest absolute Gasteiger partial charge is 0.300 e. The number of rotatable bonds is 0. The first-order valence-corrected chi connectivity index (χ1v) is 6.50. The normalized spacial score (nSPS) is 14.8. The van der Waals surface area contributed by atoms with Crippen LogP contribution in [0.1, 0.15) is 10.4 Å². The van der Waals surface area contributed by atoms with Crippen LogP contribution in [0.15, 0.2) is 30.2 Å². The SMILES string of the molecule is C[n+]1ccn(C(=O)N2CCc3sccc3C2)c1. The summed E-state index contributed by atoms with van der Waals surface area (Å²) >= 11 is 1.79. The molecule has 0 unspecified atom stereocenters. The lowest BCUT2D eigenvalue weighted by molar-refractivity contribution is -0.670. The second-order valence-electron chi connectivity index (χ2n) is 4.31. The first-order valence-electron chi connectivity index (χ1n) is 5.62. The van der Waals surface area contributed by atoms with Gasteiger partial charge in [0.15, 0.2) is 0 Å². The summed E-state index contributed by atoms with van der Waals surface area (Å²) in [4.78, 5) is 15.5. The maximum atomic E-state index is 12.2. The number of hydrogen-bond acceptors (Lipinski definition) is 2. The Balaban J connectivity index is 1.81. The molecule has 0 N–H and O–H groups in total. The Hall–Kier alpha value is -1.62. The molecular weight excluding hydrogens is 234 g/mol. The van der Waals surface area contributed by atoms with Crippen LogP contribution in [0, 0.1) is 0 Å². The van der Waals surface area contributed by atoms with Crippen molar-refractivity contribution in [3.8, 4) is 0 Å². The Morgan fingerprint density at radius 3 is 3.18 bits per heavy atom. The number of amides is 1. The summed E-state index contributed by atoms with van der Waals surface area (Å²) in [7, 11) is 1.91. The molecule has 3 rings (SSSR count). The third-order valence-electron chi connectivity index (χ3n) is 3.07. The average Bonchev–Trinajstić information content (AvgIpc) is 2.95. The fourth-order valence-electron chi connectivity index (χ4n) is 2.14. The predicted octanol–water partition coefficient (Wildman–Crippen LogP) is 1.40. The fraction of sp³-hybridized carbons (Fsp3) is 0.333. The number of aryl methyl sites for hydroxylation is 1. The van der Waals surface area contributed by atoms with E-state index in [1.165, 1.54) is 10.4 Å². The van der Waals surface area contributed by atoms with Gasteiger partial charge in [-0.15, -0.1) is 11.3 Å². The van der Waals surface area contributed by atoms with Crippen LogP contribution in [0.2, 0.25) is 0 Å². The van der Waals surface area contributed by atoms with Crippen LogP contribution in [-0.2, 0) is 20.0 Å². The molecule has 2 aromatic heterocycles. The molecule has 0 spiro atoms. The number of fused-ring (bicyclic) bond motifs is 1. The highest BCUT2D eigenvalue weighted by molar-refractivity contribution is 7.10. The molecule has 88 valence electrons. The zero-order valence-corrected chi connectivity index (χ0v) is 10.5. The highest BCUT2D eigenvalue weighted by atomic mass is 32.1. The van der Waals surface area contributed by atoms with Crippen molar-refractivity contribution in [2.45, 2.75) is 13.0 Å². The van der Waals surface area contributed by atoms with Crippen molar-refractivity contribution < 1.29 is 9.36 Å². The summed E-state index contributed by atoms with van der Waals surface area (Å²) in [5.41, 5.74) is 1.30. The minimum Gasteiger partial charge on any atom is -0.300 e. The lowest BCUT2D eigenvalue weighted by Crippen LogP contribution is -2.38. The highest BCUT2D eigenvalue weighted by Gasteiger charge is 2.25. The van der Waals surface area contributed by atoms with E-state index in [2.05, 4.69) is 11.4 Å². The molecule has 2 aromatic rings. The first kappa shape index (κ1) is 10.5. The molecular formula is C12H14N3OS+. The molecule has 0 bridgehead atoms. The quantitative estimate of drug-likeness (QED) is 0.648. The molecule has 0 atom stereocenters. The largest absolute Gasteiger partial charge is 0.416 e. The van der Waals surface area contributed by atoms with Crippen molar-refractivity contribution in [3.63, 3.8) is 0 Å². The van der Waals surface area contributed by atoms with Crippen LogP contribution in [0.3, 0.4) is 0 Å². The van der Waals surface area contributed by atoms with E-state index in [-0.39, 0.29) is 6.03 Å². The van der Waals surface area contributed by atoms with Crippen molar-refractivity contribution in [2.24, 2.45) is 7.05 Å². The van der Waals surface area contributed by atoms with Crippen LogP contribution in [0.5, 0.6) is 0 Å². The molecule has 4 nitrogen and oxygen atoms in total. The molecule has 5 heteroatoms. The van der Waals surface area contributed by atoms with E-state index in [4.69, 9.17) is 0 Å². The van der Waals surface area contributed by atoms with Gasteiger partial charge < -0.3 is 0 Å². The van der Waals surface area contributed by atoms with E-state index in [9.17, 15) is 4.79 Å². The van der Waals surface area contributed by atoms with Gasteiger partial charge in [-0.3, -0.25) is 4.90 Å². The second-order valence-corrected chi connectivity index (χ2v) is 5.31. The molecule has 0 saturated heterocycles.